The van der Waals surface area contributed by atoms with E-state index in [4.69, 9.17) is 34.9 Å². The lowest BCUT2D eigenvalue weighted by Gasteiger charge is -2.35. The second-order valence-corrected chi connectivity index (χ2v) is 8.44. The number of hydrazone groups is 1. The number of rotatable bonds is 2. The molecule has 1 spiro atoms. The Kier molecular flexibility index (Phi) is 5.22. The molecule has 9 N–H and O–H groups in total. The van der Waals surface area contributed by atoms with Gasteiger partial charge in [-0.2, -0.15) is 0 Å². The Morgan fingerprint density at radius 3 is 2.68 bits per heavy atom. The first-order valence-corrected chi connectivity index (χ1v) is 9.96. The van der Waals surface area contributed by atoms with Gasteiger partial charge in [-0.05, 0) is 18.6 Å². The molecule has 3 heterocycles. The summed E-state index contributed by atoms with van der Waals surface area (Å²) in [4.78, 5) is 40.6. The number of amides is 2. The highest BCUT2D eigenvalue weighted by molar-refractivity contribution is 6.38. The van der Waals surface area contributed by atoms with Crippen LogP contribution in [0.3, 0.4) is 0 Å². The molecule has 5 atom stereocenters. The topological polar surface area (TPSA) is 195 Å². The number of anilines is 1. The standard InChI is InChI=1S/C17H19Cl2N7O5/c18-5-1-7-12(8(19)2-5)22-15(31)17(7)11(14(29)30)10(9-3-6(27)4-26(9)17)13(28)23-16(24-20)25-21/h1-2,6,9-11,27H,3-4,20-21H2,(H,22,31)(H,29,30)(H2,23,24,25,28). The van der Waals surface area contributed by atoms with Gasteiger partial charge in [-0.25, -0.2) is 5.84 Å². The Labute approximate surface area is 185 Å². The maximum absolute atomic E-state index is 13.4. The van der Waals surface area contributed by atoms with Crippen LogP contribution in [0.4, 0.5) is 5.69 Å². The van der Waals surface area contributed by atoms with Crippen LogP contribution in [0.5, 0.6) is 0 Å². The van der Waals surface area contributed by atoms with E-state index in [-0.39, 0.29) is 40.2 Å². The van der Waals surface area contributed by atoms with Crippen molar-refractivity contribution in [2.75, 3.05) is 11.9 Å². The van der Waals surface area contributed by atoms with Crippen LogP contribution in [0.1, 0.15) is 12.0 Å². The van der Waals surface area contributed by atoms with Crippen LogP contribution in [0.2, 0.25) is 10.0 Å². The molecule has 1 aromatic rings. The fourth-order valence-electron chi connectivity index (χ4n) is 5.14. The highest BCUT2D eigenvalue weighted by atomic mass is 35.5. The van der Waals surface area contributed by atoms with E-state index in [9.17, 15) is 24.6 Å². The van der Waals surface area contributed by atoms with Gasteiger partial charge in [-0.1, -0.05) is 23.2 Å². The Balaban J connectivity index is 1.92. The first-order chi connectivity index (χ1) is 14.7. The van der Waals surface area contributed by atoms with E-state index in [0.717, 1.165) is 0 Å². The molecule has 0 aromatic heterocycles. The molecule has 0 saturated carbocycles. The zero-order valence-corrected chi connectivity index (χ0v) is 17.3. The van der Waals surface area contributed by atoms with Crippen LogP contribution in [0, 0.1) is 11.8 Å². The molecule has 2 amide bonds. The van der Waals surface area contributed by atoms with Crippen molar-refractivity contribution >= 4 is 52.6 Å². The molecular weight excluding hydrogens is 453 g/mol. The SMILES string of the molecule is N/N=C(\NN)NC(=O)C1C2CC(O)CN2C2(C(=O)Nc3c(Cl)cc(Cl)cc32)C1C(=O)O. The molecule has 31 heavy (non-hydrogen) atoms. The summed E-state index contributed by atoms with van der Waals surface area (Å²) < 4.78 is 0. The maximum Gasteiger partial charge on any atom is 0.310 e. The third kappa shape index (κ3) is 2.94. The first kappa shape index (κ1) is 21.6. The Bertz CT molecular complexity index is 1020. The van der Waals surface area contributed by atoms with E-state index in [1.165, 1.54) is 12.1 Å². The number of nitrogens with one attached hydrogen (secondary N) is 3. The molecule has 14 heteroatoms. The number of carboxylic acids is 1. The van der Waals surface area contributed by atoms with Gasteiger partial charge < -0.3 is 21.4 Å². The number of hydrazine groups is 1. The molecule has 2 fully saturated rings. The molecule has 12 nitrogen and oxygen atoms in total. The van der Waals surface area contributed by atoms with Gasteiger partial charge in [0, 0.05) is 23.2 Å². The minimum atomic E-state index is -1.81. The van der Waals surface area contributed by atoms with Gasteiger partial charge in [0.2, 0.25) is 11.9 Å². The second-order valence-electron chi connectivity index (χ2n) is 7.59. The van der Waals surface area contributed by atoms with Gasteiger partial charge in [-0.3, -0.25) is 30.0 Å². The highest BCUT2D eigenvalue weighted by Gasteiger charge is 2.72. The summed E-state index contributed by atoms with van der Waals surface area (Å²) in [5.41, 5.74) is 0.734. The second kappa shape index (κ2) is 7.50. The summed E-state index contributed by atoms with van der Waals surface area (Å²) in [5, 5.41) is 29.1. The van der Waals surface area contributed by atoms with Gasteiger partial charge in [-0.15, -0.1) is 5.10 Å². The largest absolute Gasteiger partial charge is 0.481 e. The summed E-state index contributed by atoms with van der Waals surface area (Å²) >= 11 is 12.4. The summed E-state index contributed by atoms with van der Waals surface area (Å²) in [7, 11) is 0. The van der Waals surface area contributed by atoms with Crippen molar-refractivity contribution in [1.82, 2.24) is 15.6 Å². The number of nitrogens with two attached hydrogens (primary N) is 2. The van der Waals surface area contributed by atoms with Gasteiger partial charge in [0.25, 0.3) is 5.91 Å². The normalized spacial score (nSPS) is 32.0. The number of aliphatic hydroxyl groups excluding tert-OH is 1. The van der Waals surface area contributed by atoms with Crippen molar-refractivity contribution in [3.8, 4) is 0 Å². The summed E-state index contributed by atoms with van der Waals surface area (Å²) in [6, 6.07) is 2.10. The maximum atomic E-state index is 13.4. The number of nitrogens with zero attached hydrogens (tertiary/aromatic N) is 2. The minimum Gasteiger partial charge on any atom is -0.481 e. The van der Waals surface area contributed by atoms with Crippen LogP contribution in [0.25, 0.3) is 0 Å². The molecule has 3 aliphatic heterocycles. The van der Waals surface area contributed by atoms with Crippen molar-refractivity contribution in [2.45, 2.75) is 24.1 Å². The number of fused-ring (bicyclic) bond motifs is 4. The molecule has 3 aliphatic rings. The van der Waals surface area contributed by atoms with Gasteiger partial charge in [0.05, 0.1) is 22.7 Å². The van der Waals surface area contributed by atoms with E-state index in [0.29, 0.717) is 0 Å². The van der Waals surface area contributed by atoms with E-state index in [2.05, 4.69) is 21.2 Å². The number of guanidine groups is 1. The van der Waals surface area contributed by atoms with Crippen LogP contribution in [-0.2, 0) is 19.9 Å². The van der Waals surface area contributed by atoms with Crippen LogP contribution in [0.15, 0.2) is 17.2 Å². The van der Waals surface area contributed by atoms with E-state index in [1.807, 2.05) is 0 Å². The lowest BCUT2D eigenvalue weighted by molar-refractivity contribution is -0.152. The minimum absolute atomic E-state index is 0.0256. The quantitative estimate of drug-likeness (QED) is 0.119. The molecule has 0 aliphatic carbocycles. The number of hydrogen-bond donors (Lipinski definition) is 7. The number of benzene rings is 1. The lowest BCUT2D eigenvalue weighted by Crippen LogP contribution is -2.54. The van der Waals surface area contributed by atoms with E-state index < -0.39 is 47.3 Å². The number of carboxylic acid groups (broad SMARTS) is 1. The summed E-state index contributed by atoms with van der Waals surface area (Å²) in [6.45, 7) is -0.0256. The zero-order valence-electron chi connectivity index (χ0n) is 15.8. The van der Waals surface area contributed by atoms with Crippen molar-refractivity contribution < 1.29 is 24.6 Å². The molecule has 1 aromatic carbocycles. The number of carbonyl (C=O) groups excluding carboxylic acids is 2. The molecule has 0 bridgehead atoms. The number of carbonyl (C=O) groups is 3. The molecule has 166 valence electrons. The van der Waals surface area contributed by atoms with Crippen molar-refractivity contribution in [2.24, 2.45) is 28.6 Å². The summed E-state index contributed by atoms with van der Waals surface area (Å²) in [5.74, 6) is 4.51. The zero-order chi connectivity index (χ0) is 22.7. The molecule has 2 saturated heterocycles. The summed E-state index contributed by atoms with van der Waals surface area (Å²) in [6.07, 6.45) is -0.806. The number of hydrogen-bond acceptors (Lipinski definition) is 8. The van der Waals surface area contributed by atoms with Crippen molar-refractivity contribution in [3.63, 3.8) is 0 Å². The lowest BCUT2D eigenvalue weighted by atomic mass is 9.73. The Morgan fingerprint density at radius 2 is 2.06 bits per heavy atom. The molecule has 5 unspecified atom stereocenters. The molecule has 0 radical (unpaired) electrons. The van der Waals surface area contributed by atoms with Gasteiger partial charge in [0.15, 0.2) is 0 Å². The fraction of sp³-hybridized carbons (Fsp3) is 0.412. The smallest absolute Gasteiger partial charge is 0.310 e. The van der Waals surface area contributed by atoms with Gasteiger partial charge >= 0.3 is 5.97 Å². The predicted octanol–water partition coefficient (Wildman–Crippen LogP) is -1.28. The van der Waals surface area contributed by atoms with E-state index in [1.54, 1.807) is 4.90 Å². The van der Waals surface area contributed by atoms with Gasteiger partial charge in [0.1, 0.15) is 11.5 Å². The third-order valence-corrected chi connectivity index (χ3v) is 6.64. The number of halogens is 2. The van der Waals surface area contributed by atoms with Crippen molar-refractivity contribution in [1.29, 1.82) is 0 Å². The predicted molar refractivity (Wildman–Crippen MR) is 110 cm³/mol. The molecule has 4 rings (SSSR count). The third-order valence-electron chi connectivity index (χ3n) is 6.12. The Hall–Kier alpha value is -2.64. The van der Waals surface area contributed by atoms with E-state index >= 15 is 0 Å². The molecular formula is C17H19Cl2N7O5. The van der Waals surface area contributed by atoms with Crippen LogP contribution >= 0.6 is 23.2 Å². The first-order valence-electron chi connectivity index (χ1n) is 9.20. The van der Waals surface area contributed by atoms with Crippen LogP contribution < -0.4 is 27.7 Å². The monoisotopic (exact) mass is 471 g/mol. The van der Waals surface area contributed by atoms with Crippen molar-refractivity contribution in [3.05, 3.63) is 27.7 Å². The fourth-order valence-corrected chi connectivity index (χ4v) is 5.68. The average molecular weight is 472 g/mol. The number of aliphatic hydroxyl groups is 1. The average Bonchev–Trinajstić information content (AvgIpc) is 3.30. The highest BCUT2D eigenvalue weighted by Crippen LogP contribution is 2.59. The Morgan fingerprint density at radius 1 is 1.35 bits per heavy atom. The van der Waals surface area contributed by atoms with Crippen LogP contribution in [-0.4, -0.2) is 57.5 Å². The number of aliphatic carboxylic acids is 1.